The van der Waals surface area contributed by atoms with Crippen LogP contribution in [0.15, 0.2) is 42.5 Å². The van der Waals surface area contributed by atoms with Gasteiger partial charge in [-0.25, -0.2) is 4.39 Å². The third-order valence-electron chi connectivity index (χ3n) is 2.42. The number of rotatable bonds is 4. The van der Waals surface area contributed by atoms with Crippen LogP contribution in [0.2, 0.25) is 0 Å². The van der Waals surface area contributed by atoms with E-state index >= 15 is 0 Å². The molecule has 0 aliphatic carbocycles. The lowest BCUT2D eigenvalue weighted by molar-refractivity contribution is -0.386. The van der Waals surface area contributed by atoms with Crippen molar-refractivity contribution in [3.8, 4) is 11.5 Å². The Morgan fingerprint density at radius 2 is 2.05 bits per heavy atom. The molecule has 19 heavy (non-hydrogen) atoms. The van der Waals surface area contributed by atoms with Crippen LogP contribution in [0.4, 0.5) is 10.1 Å². The van der Waals surface area contributed by atoms with Crippen molar-refractivity contribution in [3.63, 3.8) is 0 Å². The number of phenols is 1. The SMILES string of the molecule is O=[N+]([O-])c1ccc(F)cc1OCc1cccc(O)c1. The highest BCUT2D eigenvalue weighted by Gasteiger charge is 2.15. The van der Waals surface area contributed by atoms with Crippen molar-refractivity contribution in [2.24, 2.45) is 0 Å². The van der Waals surface area contributed by atoms with Gasteiger partial charge in [0.25, 0.3) is 0 Å². The van der Waals surface area contributed by atoms with E-state index in [4.69, 9.17) is 4.74 Å². The predicted molar refractivity (Wildman–Crippen MR) is 65.5 cm³/mol. The van der Waals surface area contributed by atoms with Crippen LogP contribution in [0.5, 0.6) is 11.5 Å². The van der Waals surface area contributed by atoms with Crippen LogP contribution < -0.4 is 4.74 Å². The van der Waals surface area contributed by atoms with Crippen molar-refractivity contribution in [1.82, 2.24) is 0 Å². The molecule has 0 aliphatic rings. The molecular formula is C13H10FNO4. The molecule has 0 bridgehead atoms. The van der Waals surface area contributed by atoms with Crippen LogP contribution in [-0.2, 0) is 6.61 Å². The third kappa shape index (κ3) is 3.19. The largest absolute Gasteiger partial charge is 0.508 e. The second kappa shape index (κ2) is 5.34. The lowest BCUT2D eigenvalue weighted by Crippen LogP contribution is -1.99. The first kappa shape index (κ1) is 12.8. The van der Waals surface area contributed by atoms with Gasteiger partial charge >= 0.3 is 5.69 Å². The van der Waals surface area contributed by atoms with E-state index in [1.807, 2.05) is 0 Å². The fourth-order valence-corrected chi connectivity index (χ4v) is 1.56. The highest BCUT2D eigenvalue weighted by atomic mass is 19.1. The molecule has 0 spiro atoms. The molecular weight excluding hydrogens is 253 g/mol. The first-order valence-corrected chi connectivity index (χ1v) is 5.41. The molecule has 5 nitrogen and oxygen atoms in total. The Morgan fingerprint density at radius 1 is 1.26 bits per heavy atom. The number of phenolic OH excluding ortho intramolecular Hbond substituents is 1. The van der Waals surface area contributed by atoms with E-state index in [1.54, 1.807) is 12.1 Å². The number of nitrogens with zero attached hydrogens (tertiary/aromatic N) is 1. The molecule has 0 amide bonds. The Bertz CT molecular complexity index is 615. The summed E-state index contributed by atoms with van der Waals surface area (Å²) in [5.41, 5.74) is 0.320. The van der Waals surface area contributed by atoms with Gasteiger partial charge in [-0.1, -0.05) is 12.1 Å². The zero-order valence-corrected chi connectivity index (χ0v) is 9.75. The van der Waals surface area contributed by atoms with Gasteiger partial charge in [0.1, 0.15) is 18.2 Å². The van der Waals surface area contributed by atoms with Crippen LogP contribution >= 0.6 is 0 Å². The summed E-state index contributed by atoms with van der Waals surface area (Å²) in [6.07, 6.45) is 0. The topological polar surface area (TPSA) is 72.6 Å². The molecule has 0 atom stereocenters. The molecule has 0 saturated heterocycles. The summed E-state index contributed by atoms with van der Waals surface area (Å²) in [4.78, 5) is 10.1. The van der Waals surface area contributed by atoms with E-state index in [0.29, 0.717) is 5.56 Å². The Hall–Kier alpha value is -2.63. The van der Waals surface area contributed by atoms with E-state index in [-0.39, 0.29) is 23.8 Å². The zero-order chi connectivity index (χ0) is 13.8. The number of halogens is 1. The van der Waals surface area contributed by atoms with Crippen molar-refractivity contribution in [1.29, 1.82) is 0 Å². The average molecular weight is 263 g/mol. The van der Waals surface area contributed by atoms with Gasteiger partial charge in [0, 0.05) is 12.1 Å². The molecule has 6 heteroatoms. The Labute approximate surface area is 108 Å². The number of nitro groups is 1. The van der Waals surface area contributed by atoms with E-state index in [1.165, 1.54) is 12.1 Å². The fourth-order valence-electron chi connectivity index (χ4n) is 1.56. The van der Waals surface area contributed by atoms with Crippen LogP contribution in [0, 0.1) is 15.9 Å². The van der Waals surface area contributed by atoms with Gasteiger partial charge in [-0.05, 0) is 23.8 Å². The molecule has 0 aromatic heterocycles. The molecule has 2 aromatic carbocycles. The maximum absolute atomic E-state index is 13.1. The highest BCUT2D eigenvalue weighted by molar-refractivity contribution is 5.46. The van der Waals surface area contributed by atoms with Crippen LogP contribution in [-0.4, -0.2) is 10.0 Å². The van der Waals surface area contributed by atoms with E-state index in [0.717, 1.165) is 18.2 Å². The summed E-state index contributed by atoms with van der Waals surface area (Å²) in [5.74, 6) is -0.695. The molecule has 0 unspecified atom stereocenters. The predicted octanol–water partition coefficient (Wildman–Crippen LogP) is 3.02. The van der Waals surface area contributed by atoms with Crippen molar-refractivity contribution in [2.75, 3.05) is 0 Å². The quantitative estimate of drug-likeness (QED) is 0.679. The monoisotopic (exact) mass is 263 g/mol. The molecule has 0 aliphatic heterocycles. The summed E-state index contributed by atoms with van der Waals surface area (Å²) in [5, 5.41) is 20.0. The average Bonchev–Trinajstić information content (AvgIpc) is 2.36. The molecule has 98 valence electrons. The Balaban J connectivity index is 2.19. The third-order valence-corrected chi connectivity index (χ3v) is 2.42. The molecule has 0 fully saturated rings. The molecule has 2 aromatic rings. The number of nitro benzene ring substituents is 1. The first-order valence-electron chi connectivity index (χ1n) is 5.41. The summed E-state index contributed by atoms with van der Waals surface area (Å²) in [7, 11) is 0. The minimum Gasteiger partial charge on any atom is -0.508 e. The van der Waals surface area contributed by atoms with E-state index in [2.05, 4.69) is 0 Å². The Morgan fingerprint density at radius 3 is 2.74 bits per heavy atom. The second-order valence-electron chi connectivity index (χ2n) is 3.83. The van der Waals surface area contributed by atoms with Gasteiger partial charge < -0.3 is 9.84 Å². The van der Waals surface area contributed by atoms with Crippen LogP contribution in [0.25, 0.3) is 0 Å². The van der Waals surface area contributed by atoms with Gasteiger partial charge in [0.15, 0.2) is 5.75 Å². The molecule has 0 heterocycles. The minimum absolute atomic E-state index is 0.00130. The van der Waals surface area contributed by atoms with Crippen molar-refractivity contribution in [3.05, 3.63) is 64.0 Å². The first-order chi connectivity index (χ1) is 9.06. The van der Waals surface area contributed by atoms with E-state index in [9.17, 15) is 19.6 Å². The Kier molecular flexibility index (Phi) is 3.61. The van der Waals surface area contributed by atoms with Crippen molar-refractivity contribution in [2.45, 2.75) is 6.61 Å². The molecule has 0 saturated carbocycles. The lowest BCUT2D eigenvalue weighted by Gasteiger charge is -2.07. The minimum atomic E-state index is -0.642. The zero-order valence-electron chi connectivity index (χ0n) is 9.75. The number of aromatic hydroxyl groups is 1. The second-order valence-corrected chi connectivity index (χ2v) is 3.83. The molecule has 2 rings (SSSR count). The van der Waals surface area contributed by atoms with Gasteiger partial charge in [-0.3, -0.25) is 10.1 Å². The summed E-state index contributed by atoms with van der Waals surface area (Å²) < 4.78 is 18.3. The van der Waals surface area contributed by atoms with Gasteiger partial charge in [-0.15, -0.1) is 0 Å². The van der Waals surface area contributed by atoms with Crippen LogP contribution in [0.3, 0.4) is 0 Å². The molecule has 1 N–H and O–H groups in total. The van der Waals surface area contributed by atoms with Gasteiger partial charge in [-0.2, -0.15) is 0 Å². The number of hydrogen-bond donors (Lipinski definition) is 1. The van der Waals surface area contributed by atoms with Crippen molar-refractivity contribution < 1.29 is 19.2 Å². The fraction of sp³-hybridized carbons (Fsp3) is 0.0769. The normalized spacial score (nSPS) is 10.2. The summed E-state index contributed by atoms with van der Waals surface area (Å²) in [6.45, 7) is -0.00130. The van der Waals surface area contributed by atoms with Gasteiger partial charge in [0.2, 0.25) is 0 Å². The maximum Gasteiger partial charge on any atom is 0.311 e. The van der Waals surface area contributed by atoms with E-state index < -0.39 is 10.7 Å². The standard InChI is InChI=1S/C13H10FNO4/c14-10-4-5-12(15(17)18)13(7-10)19-8-9-2-1-3-11(16)6-9/h1-7,16H,8H2. The summed E-state index contributed by atoms with van der Waals surface area (Å²) in [6, 6.07) is 9.27. The highest BCUT2D eigenvalue weighted by Crippen LogP contribution is 2.28. The smallest absolute Gasteiger partial charge is 0.311 e. The van der Waals surface area contributed by atoms with Gasteiger partial charge in [0.05, 0.1) is 4.92 Å². The van der Waals surface area contributed by atoms with Crippen LogP contribution in [0.1, 0.15) is 5.56 Å². The maximum atomic E-state index is 13.1. The number of hydrogen-bond acceptors (Lipinski definition) is 4. The summed E-state index contributed by atoms with van der Waals surface area (Å²) >= 11 is 0. The number of benzene rings is 2. The molecule has 0 radical (unpaired) electrons. The van der Waals surface area contributed by atoms with Crippen molar-refractivity contribution >= 4 is 5.69 Å². The number of ether oxygens (including phenoxy) is 1. The lowest BCUT2D eigenvalue weighted by atomic mass is 10.2.